The third-order valence-corrected chi connectivity index (χ3v) is 4.90. The Kier molecular flexibility index (Phi) is 6.88. The van der Waals surface area contributed by atoms with E-state index < -0.39 is 11.9 Å². The van der Waals surface area contributed by atoms with Crippen molar-refractivity contribution >= 4 is 33.9 Å². The van der Waals surface area contributed by atoms with Crippen molar-refractivity contribution in [3.63, 3.8) is 0 Å². The topological polar surface area (TPSA) is 84.2 Å². The monoisotopic (exact) mass is 438 g/mol. The molecule has 1 aromatic heterocycles. The van der Waals surface area contributed by atoms with Crippen LogP contribution < -0.4 is 14.2 Å². The number of esters is 2. The number of carbonyl (C=O) groups excluding carboxylic acids is 2. The number of hydrogen-bond donors (Lipinski definition) is 0. The summed E-state index contributed by atoms with van der Waals surface area (Å²) in [4.78, 5) is 23.5. The van der Waals surface area contributed by atoms with Gasteiger partial charge in [-0.3, -0.25) is 0 Å². The highest BCUT2D eigenvalue weighted by atomic mass is 16.6. The standard InChI is InChI=1S/C25H26O7/c1-14(2)24(26)30-13-7-8-16-9-10-17-18-11-12-19(31-25(27)15(3)4)23(29-6)22(18)32-21(17)20(16)28-5/h9-12H,1,3,7-8,13H2,2,4-6H3. The van der Waals surface area contributed by atoms with Crippen molar-refractivity contribution in [3.05, 3.63) is 54.1 Å². The maximum absolute atomic E-state index is 12.0. The van der Waals surface area contributed by atoms with Gasteiger partial charge in [0, 0.05) is 21.9 Å². The van der Waals surface area contributed by atoms with E-state index in [-0.39, 0.29) is 17.9 Å². The van der Waals surface area contributed by atoms with Crippen LogP contribution >= 0.6 is 0 Å². The van der Waals surface area contributed by atoms with E-state index in [9.17, 15) is 9.59 Å². The summed E-state index contributed by atoms with van der Waals surface area (Å²) in [6.45, 7) is 10.6. The molecule has 32 heavy (non-hydrogen) atoms. The number of furan rings is 1. The van der Waals surface area contributed by atoms with Gasteiger partial charge < -0.3 is 23.4 Å². The average Bonchev–Trinajstić information content (AvgIpc) is 3.14. The fourth-order valence-electron chi connectivity index (χ4n) is 3.31. The van der Waals surface area contributed by atoms with E-state index >= 15 is 0 Å². The maximum Gasteiger partial charge on any atom is 0.338 e. The van der Waals surface area contributed by atoms with E-state index in [0.717, 1.165) is 16.3 Å². The molecule has 0 fully saturated rings. The number of aryl methyl sites for hydroxylation is 1. The summed E-state index contributed by atoms with van der Waals surface area (Å²) >= 11 is 0. The van der Waals surface area contributed by atoms with E-state index in [1.54, 1.807) is 33.1 Å². The lowest BCUT2D eigenvalue weighted by atomic mass is 10.0. The largest absolute Gasteiger partial charge is 0.493 e. The normalized spacial score (nSPS) is 10.8. The lowest BCUT2D eigenvalue weighted by molar-refractivity contribution is -0.139. The zero-order valence-corrected chi connectivity index (χ0v) is 18.7. The summed E-state index contributed by atoms with van der Waals surface area (Å²) in [7, 11) is 3.05. The molecule has 0 aliphatic carbocycles. The molecule has 168 valence electrons. The van der Waals surface area contributed by atoms with Gasteiger partial charge in [-0.1, -0.05) is 19.2 Å². The fraction of sp³-hybridized carbons (Fsp3) is 0.280. The molecule has 0 saturated heterocycles. The second-order valence-corrected chi connectivity index (χ2v) is 7.40. The minimum absolute atomic E-state index is 0.241. The Labute approximate surface area is 186 Å². The van der Waals surface area contributed by atoms with Gasteiger partial charge in [-0.05, 0) is 50.5 Å². The van der Waals surface area contributed by atoms with E-state index in [1.807, 2.05) is 12.1 Å². The molecule has 0 N–H and O–H groups in total. The lowest BCUT2D eigenvalue weighted by Gasteiger charge is -2.09. The molecule has 7 heteroatoms. The fourth-order valence-corrected chi connectivity index (χ4v) is 3.31. The van der Waals surface area contributed by atoms with Gasteiger partial charge in [0.25, 0.3) is 0 Å². The van der Waals surface area contributed by atoms with Crippen LogP contribution in [0.25, 0.3) is 21.9 Å². The van der Waals surface area contributed by atoms with E-state index in [2.05, 4.69) is 13.2 Å². The van der Waals surface area contributed by atoms with Crippen LogP contribution in [-0.4, -0.2) is 32.8 Å². The first-order valence-corrected chi connectivity index (χ1v) is 10.1. The third kappa shape index (κ3) is 4.46. The summed E-state index contributed by atoms with van der Waals surface area (Å²) in [5, 5.41) is 1.64. The van der Waals surface area contributed by atoms with E-state index in [0.29, 0.717) is 41.1 Å². The van der Waals surface area contributed by atoms with Gasteiger partial charge in [0.15, 0.2) is 22.7 Å². The molecule has 0 unspecified atom stereocenters. The summed E-state index contributed by atoms with van der Waals surface area (Å²) in [6, 6.07) is 7.37. The SMILES string of the molecule is C=C(C)C(=O)OCCCc1ccc2c(oc3c(OC)c(OC(=O)C(=C)C)ccc32)c1OC. The highest BCUT2D eigenvalue weighted by molar-refractivity contribution is 6.09. The van der Waals surface area contributed by atoms with E-state index in [4.69, 9.17) is 23.4 Å². The average molecular weight is 438 g/mol. The molecule has 0 bridgehead atoms. The van der Waals surface area contributed by atoms with Crippen molar-refractivity contribution in [2.45, 2.75) is 26.7 Å². The van der Waals surface area contributed by atoms with Crippen LogP contribution in [0.3, 0.4) is 0 Å². The Morgan fingerprint density at radius 2 is 1.47 bits per heavy atom. The lowest BCUT2D eigenvalue weighted by Crippen LogP contribution is -2.09. The Hall–Kier alpha value is -3.74. The molecule has 0 radical (unpaired) electrons. The molecule has 2 aromatic carbocycles. The van der Waals surface area contributed by atoms with Gasteiger partial charge in [-0.15, -0.1) is 0 Å². The quantitative estimate of drug-likeness (QED) is 0.198. The van der Waals surface area contributed by atoms with Crippen LogP contribution in [0.2, 0.25) is 0 Å². The molecule has 3 rings (SSSR count). The number of hydrogen-bond acceptors (Lipinski definition) is 7. The molecular weight excluding hydrogens is 412 g/mol. The van der Waals surface area contributed by atoms with Gasteiger partial charge in [0.2, 0.25) is 5.75 Å². The van der Waals surface area contributed by atoms with Crippen molar-refractivity contribution in [1.82, 2.24) is 0 Å². The number of carbonyl (C=O) groups is 2. The molecule has 0 atom stereocenters. The number of methoxy groups -OCH3 is 2. The molecule has 0 aliphatic heterocycles. The van der Waals surface area contributed by atoms with Crippen molar-refractivity contribution in [2.75, 3.05) is 20.8 Å². The third-order valence-electron chi connectivity index (χ3n) is 4.90. The predicted molar refractivity (Wildman–Crippen MR) is 121 cm³/mol. The van der Waals surface area contributed by atoms with Crippen LogP contribution in [0.15, 0.2) is 53.0 Å². The molecule has 0 aliphatic rings. The highest BCUT2D eigenvalue weighted by Crippen LogP contribution is 2.44. The Morgan fingerprint density at radius 1 is 0.875 bits per heavy atom. The minimum atomic E-state index is -0.550. The van der Waals surface area contributed by atoms with Gasteiger partial charge >= 0.3 is 11.9 Å². The van der Waals surface area contributed by atoms with Crippen molar-refractivity contribution in [2.24, 2.45) is 0 Å². The van der Waals surface area contributed by atoms with Crippen molar-refractivity contribution in [3.8, 4) is 17.2 Å². The van der Waals surface area contributed by atoms with Gasteiger partial charge in [0.05, 0.1) is 20.8 Å². The Morgan fingerprint density at radius 3 is 2.06 bits per heavy atom. The van der Waals surface area contributed by atoms with Crippen LogP contribution in [-0.2, 0) is 20.7 Å². The highest BCUT2D eigenvalue weighted by Gasteiger charge is 2.21. The van der Waals surface area contributed by atoms with Gasteiger partial charge in [-0.25, -0.2) is 9.59 Å². The van der Waals surface area contributed by atoms with Crippen LogP contribution in [0.5, 0.6) is 17.2 Å². The molecular formula is C25H26O7. The smallest absolute Gasteiger partial charge is 0.338 e. The first kappa shape index (κ1) is 22.9. The minimum Gasteiger partial charge on any atom is -0.493 e. The number of benzene rings is 2. The van der Waals surface area contributed by atoms with Crippen molar-refractivity contribution in [1.29, 1.82) is 0 Å². The number of rotatable bonds is 9. The van der Waals surface area contributed by atoms with Crippen LogP contribution in [0, 0.1) is 0 Å². The molecule has 7 nitrogen and oxygen atoms in total. The molecule has 0 amide bonds. The molecule has 1 heterocycles. The zero-order valence-electron chi connectivity index (χ0n) is 18.7. The van der Waals surface area contributed by atoms with Gasteiger partial charge in [0.1, 0.15) is 0 Å². The first-order chi connectivity index (χ1) is 15.3. The molecule has 0 saturated carbocycles. The number of ether oxygens (including phenoxy) is 4. The summed E-state index contributed by atoms with van der Waals surface area (Å²) < 4.78 is 27.8. The predicted octanol–water partition coefficient (Wildman–Crippen LogP) is 5.14. The second kappa shape index (κ2) is 9.60. The summed E-state index contributed by atoms with van der Waals surface area (Å²) in [5.41, 5.74) is 2.56. The van der Waals surface area contributed by atoms with E-state index in [1.165, 1.54) is 7.11 Å². The Bertz CT molecular complexity index is 1220. The summed E-state index contributed by atoms with van der Waals surface area (Å²) in [6.07, 6.45) is 1.24. The Balaban J connectivity index is 1.96. The first-order valence-electron chi connectivity index (χ1n) is 10.1. The number of fused-ring (bicyclic) bond motifs is 3. The molecule has 0 spiro atoms. The zero-order chi connectivity index (χ0) is 23.4. The van der Waals surface area contributed by atoms with Gasteiger partial charge in [-0.2, -0.15) is 0 Å². The van der Waals surface area contributed by atoms with Crippen molar-refractivity contribution < 1.29 is 33.0 Å². The summed E-state index contributed by atoms with van der Waals surface area (Å²) in [5.74, 6) is 0.188. The van der Waals surface area contributed by atoms with Crippen LogP contribution in [0.1, 0.15) is 25.8 Å². The second-order valence-electron chi connectivity index (χ2n) is 7.40. The van der Waals surface area contributed by atoms with Crippen LogP contribution in [0.4, 0.5) is 0 Å². The molecule has 3 aromatic rings. The maximum atomic E-state index is 12.0.